The van der Waals surface area contributed by atoms with Gasteiger partial charge in [-0.25, -0.2) is 0 Å². The molecule has 4 heteroatoms. The first kappa shape index (κ1) is 9.27. The summed E-state index contributed by atoms with van der Waals surface area (Å²) in [6, 6.07) is 6.64. The molecule has 1 N–H and O–H groups in total. The number of aromatic hydroxyl groups is 1. The van der Waals surface area contributed by atoms with Crippen LogP contribution in [0.4, 0.5) is 0 Å². The van der Waals surface area contributed by atoms with Gasteiger partial charge in [0.05, 0.1) is 5.52 Å². The number of nitrogens with zero attached hydrogens (tertiary/aromatic N) is 1. The lowest BCUT2D eigenvalue weighted by Gasteiger charge is -2.07. The third-order valence-electron chi connectivity index (χ3n) is 2.19. The largest absolute Gasteiger partial charge is 0.507 e. The number of halogens is 1. The third-order valence-corrected chi connectivity index (χ3v) is 2.83. The predicted octanol–water partition coefficient (Wildman–Crippen LogP) is 2.01. The highest BCUT2D eigenvalue weighted by Gasteiger charge is 2.07. The van der Waals surface area contributed by atoms with Crippen molar-refractivity contribution in [1.82, 2.24) is 4.57 Å². The van der Waals surface area contributed by atoms with E-state index in [4.69, 9.17) is 0 Å². The molecule has 0 saturated heterocycles. The molecule has 1 heterocycles. The van der Waals surface area contributed by atoms with Crippen LogP contribution in [0.25, 0.3) is 10.9 Å². The van der Waals surface area contributed by atoms with Crippen LogP contribution in [0.1, 0.15) is 0 Å². The van der Waals surface area contributed by atoms with Crippen molar-refractivity contribution in [1.29, 1.82) is 0 Å². The molecule has 0 atom stereocenters. The number of pyridine rings is 1. The monoisotopic (exact) mass is 253 g/mol. The summed E-state index contributed by atoms with van der Waals surface area (Å²) in [5, 5.41) is 10.2. The number of hydrogen-bond acceptors (Lipinski definition) is 2. The molecule has 0 aliphatic heterocycles. The number of para-hydroxylation sites is 1. The fourth-order valence-corrected chi connectivity index (χ4v) is 2.10. The van der Waals surface area contributed by atoms with Crippen molar-refractivity contribution in [3.05, 3.63) is 39.1 Å². The average molecular weight is 254 g/mol. The molecule has 0 spiro atoms. The van der Waals surface area contributed by atoms with Crippen molar-refractivity contribution in [2.45, 2.75) is 0 Å². The van der Waals surface area contributed by atoms with Crippen molar-refractivity contribution >= 4 is 26.8 Å². The van der Waals surface area contributed by atoms with E-state index in [0.29, 0.717) is 10.9 Å². The Morgan fingerprint density at radius 2 is 2.14 bits per heavy atom. The Labute approximate surface area is 88.7 Å². The van der Waals surface area contributed by atoms with Crippen LogP contribution in [-0.4, -0.2) is 9.67 Å². The molecule has 0 aliphatic rings. The minimum Gasteiger partial charge on any atom is -0.507 e. The van der Waals surface area contributed by atoms with Gasteiger partial charge in [0.1, 0.15) is 5.75 Å². The summed E-state index contributed by atoms with van der Waals surface area (Å²) in [6.45, 7) is 0. The van der Waals surface area contributed by atoms with E-state index in [1.807, 2.05) is 12.1 Å². The molecule has 2 aromatic rings. The standard InChI is InChI=1S/C10H8BrNO2/c1-12-9(14)5-8(13)6-3-2-4-7(11)10(6)12/h2-5,13H,1H3. The first-order valence-corrected chi connectivity index (χ1v) is 4.88. The van der Waals surface area contributed by atoms with E-state index in [1.54, 1.807) is 13.1 Å². The van der Waals surface area contributed by atoms with Gasteiger partial charge in [-0.1, -0.05) is 6.07 Å². The van der Waals surface area contributed by atoms with Crippen LogP contribution >= 0.6 is 15.9 Å². The van der Waals surface area contributed by atoms with Gasteiger partial charge >= 0.3 is 0 Å². The van der Waals surface area contributed by atoms with E-state index in [2.05, 4.69) is 15.9 Å². The van der Waals surface area contributed by atoms with E-state index < -0.39 is 0 Å². The molecule has 72 valence electrons. The Balaban J connectivity index is 3.11. The lowest BCUT2D eigenvalue weighted by atomic mass is 10.2. The highest BCUT2D eigenvalue weighted by molar-refractivity contribution is 9.10. The van der Waals surface area contributed by atoms with Gasteiger partial charge in [-0.3, -0.25) is 4.79 Å². The van der Waals surface area contributed by atoms with Gasteiger partial charge < -0.3 is 9.67 Å². The third kappa shape index (κ3) is 1.23. The van der Waals surface area contributed by atoms with Crippen molar-refractivity contribution < 1.29 is 5.11 Å². The van der Waals surface area contributed by atoms with Crippen LogP contribution in [0, 0.1) is 0 Å². The van der Waals surface area contributed by atoms with Crippen molar-refractivity contribution in [3.63, 3.8) is 0 Å². The van der Waals surface area contributed by atoms with E-state index in [0.717, 1.165) is 4.47 Å². The Bertz CT molecular complexity index is 560. The Hall–Kier alpha value is -1.29. The first-order chi connectivity index (χ1) is 6.61. The summed E-state index contributed by atoms with van der Waals surface area (Å²) in [4.78, 5) is 11.4. The zero-order valence-corrected chi connectivity index (χ0v) is 9.08. The summed E-state index contributed by atoms with van der Waals surface area (Å²) in [7, 11) is 1.68. The fraction of sp³-hybridized carbons (Fsp3) is 0.100. The van der Waals surface area contributed by atoms with E-state index in [-0.39, 0.29) is 11.3 Å². The molecule has 1 aromatic heterocycles. The maximum atomic E-state index is 11.4. The predicted molar refractivity (Wildman–Crippen MR) is 58.6 cm³/mol. The van der Waals surface area contributed by atoms with Gasteiger partial charge in [0.15, 0.2) is 0 Å². The Kier molecular flexibility index (Phi) is 2.07. The Morgan fingerprint density at radius 1 is 1.43 bits per heavy atom. The molecular formula is C10H8BrNO2. The number of aromatic nitrogens is 1. The molecule has 0 bridgehead atoms. The second kappa shape index (κ2) is 3.13. The van der Waals surface area contributed by atoms with Crippen LogP contribution in [-0.2, 0) is 7.05 Å². The van der Waals surface area contributed by atoms with Gasteiger partial charge in [-0.2, -0.15) is 0 Å². The zero-order chi connectivity index (χ0) is 10.3. The number of benzene rings is 1. The molecule has 0 fully saturated rings. The minimum atomic E-state index is -0.220. The normalized spacial score (nSPS) is 10.7. The SMILES string of the molecule is Cn1c(=O)cc(O)c2cccc(Br)c21. The summed E-state index contributed by atoms with van der Waals surface area (Å²) >= 11 is 3.35. The lowest BCUT2D eigenvalue weighted by Crippen LogP contribution is -2.15. The summed E-state index contributed by atoms with van der Waals surface area (Å²) in [5.41, 5.74) is 0.486. The molecule has 0 saturated carbocycles. The average Bonchev–Trinajstić information content (AvgIpc) is 2.14. The van der Waals surface area contributed by atoms with Crippen molar-refractivity contribution in [2.75, 3.05) is 0 Å². The van der Waals surface area contributed by atoms with E-state index >= 15 is 0 Å². The maximum Gasteiger partial charge on any atom is 0.254 e. The van der Waals surface area contributed by atoms with Crippen LogP contribution in [0.5, 0.6) is 5.75 Å². The highest BCUT2D eigenvalue weighted by Crippen LogP contribution is 2.27. The van der Waals surface area contributed by atoms with Crippen LogP contribution < -0.4 is 5.56 Å². The quantitative estimate of drug-likeness (QED) is 0.781. The number of aryl methyl sites for hydroxylation is 1. The molecule has 3 nitrogen and oxygen atoms in total. The van der Waals surface area contributed by atoms with Crippen molar-refractivity contribution in [2.24, 2.45) is 7.05 Å². The fourth-order valence-electron chi connectivity index (χ4n) is 1.46. The second-order valence-electron chi connectivity index (χ2n) is 3.06. The van der Waals surface area contributed by atoms with Crippen molar-refractivity contribution in [3.8, 4) is 5.75 Å². The summed E-state index contributed by atoms with van der Waals surface area (Å²) in [6.07, 6.45) is 0. The van der Waals surface area contributed by atoms with Gasteiger partial charge in [0.2, 0.25) is 0 Å². The molecule has 0 unspecified atom stereocenters. The molecular weight excluding hydrogens is 246 g/mol. The lowest BCUT2D eigenvalue weighted by molar-refractivity contribution is 0.479. The first-order valence-electron chi connectivity index (χ1n) is 4.08. The van der Waals surface area contributed by atoms with Gasteiger partial charge in [-0.05, 0) is 28.1 Å². The van der Waals surface area contributed by atoms with Crippen LogP contribution in [0.3, 0.4) is 0 Å². The molecule has 0 radical (unpaired) electrons. The van der Waals surface area contributed by atoms with Crippen LogP contribution in [0.15, 0.2) is 33.5 Å². The Morgan fingerprint density at radius 3 is 2.86 bits per heavy atom. The number of hydrogen-bond donors (Lipinski definition) is 1. The molecule has 2 rings (SSSR count). The van der Waals surface area contributed by atoms with E-state index in [9.17, 15) is 9.90 Å². The van der Waals surface area contributed by atoms with Crippen LogP contribution in [0.2, 0.25) is 0 Å². The summed E-state index contributed by atoms with van der Waals surface area (Å²) < 4.78 is 2.30. The second-order valence-corrected chi connectivity index (χ2v) is 3.92. The topological polar surface area (TPSA) is 42.2 Å². The molecule has 0 amide bonds. The van der Waals surface area contributed by atoms with Gasteiger partial charge in [0.25, 0.3) is 5.56 Å². The smallest absolute Gasteiger partial charge is 0.254 e. The van der Waals surface area contributed by atoms with Gasteiger partial charge in [0, 0.05) is 23.0 Å². The number of rotatable bonds is 0. The van der Waals surface area contributed by atoms with E-state index in [1.165, 1.54) is 10.6 Å². The molecule has 14 heavy (non-hydrogen) atoms. The highest BCUT2D eigenvalue weighted by atomic mass is 79.9. The number of fused-ring (bicyclic) bond motifs is 1. The molecule has 0 aliphatic carbocycles. The maximum absolute atomic E-state index is 11.4. The van der Waals surface area contributed by atoms with Gasteiger partial charge in [-0.15, -0.1) is 0 Å². The minimum absolute atomic E-state index is 0.0180. The molecule has 1 aromatic carbocycles. The zero-order valence-electron chi connectivity index (χ0n) is 7.49. The summed E-state index contributed by atoms with van der Waals surface area (Å²) in [5.74, 6) is 0.0180.